The van der Waals surface area contributed by atoms with Gasteiger partial charge in [-0.15, -0.1) is 0 Å². The zero-order chi connectivity index (χ0) is 17.0. The molecule has 1 aromatic carbocycles. The molecule has 0 saturated heterocycles. The Labute approximate surface area is 134 Å². The van der Waals surface area contributed by atoms with Gasteiger partial charge in [-0.3, -0.25) is 14.4 Å². The Morgan fingerprint density at radius 3 is 2.52 bits per heavy atom. The molecule has 0 aliphatic carbocycles. The molecule has 1 aliphatic rings. The van der Waals surface area contributed by atoms with Gasteiger partial charge in [0.05, 0.1) is 27.2 Å². The van der Waals surface area contributed by atoms with Gasteiger partial charge >= 0.3 is 11.9 Å². The van der Waals surface area contributed by atoms with E-state index in [0.29, 0.717) is 5.75 Å². The van der Waals surface area contributed by atoms with E-state index in [9.17, 15) is 14.4 Å². The molecule has 0 amide bonds. The average molecular weight is 320 g/mol. The van der Waals surface area contributed by atoms with E-state index in [4.69, 9.17) is 14.2 Å². The summed E-state index contributed by atoms with van der Waals surface area (Å²) >= 11 is 0. The van der Waals surface area contributed by atoms with Gasteiger partial charge in [-0.1, -0.05) is 18.2 Å². The first-order valence-electron chi connectivity index (χ1n) is 7.36. The molecule has 3 unspecified atom stereocenters. The lowest BCUT2D eigenvalue weighted by Gasteiger charge is -2.36. The van der Waals surface area contributed by atoms with E-state index in [0.717, 1.165) is 5.56 Å². The van der Waals surface area contributed by atoms with Gasteiger partial charge in [0.25, 0.3) is 0 Å². The van der Waals surface area contributed by atoms with Crippen molar-refractivity contribution in [3.05, 3.63) is 29.8 Å². The summed E-state index contributed by atoms with van der Waals surface area (Å²) in [7, 11) is 2.55. The molecule has 0 N–H and O–H groups in total. The summed E-state index contributed by atoms with van der Waals surface area (Å²) in [5.74, 6) is -2.49. The molecule has 0 fully saturated rings. The second-order valence-electron chi connectivity index (χ2n) is 5.53. The molecule has 0 radical (unpaired) electrons. The van der Waals surface area contributed by atoms with E-state index in [1.165, 1.54) is 21.1 Å². The number of methoxy groups -OCH3 is 2. The quantitative estimate of drug-likeness (QED) is 0.607. The zero-order valence-corrected chi connectivity index (χ0v) is 13.4. The van der Waals surface area contributed by atoms with E-state index in [2.05, 4.69) is 0 Å². The molecular formula is C17H20O6. The van der Waals surface area contributed by atoms with E-state index in [1.54, 1.807) is 6.07 Å². The highest BCUT2D eigenvalue weighted by molar-refractivity contribution is 5.99. The number of fused-ring (bicyclic) bond motifs is 1. The first kappa shape index (κ1) is 17.0. The van der Waals surface area contributed by atoms with Crippen molar-refractivity contribution in [2.24, 2.45) is 11.8 Å². The standard InChI is InChI=1S/C17H20O6/c1-10(18)15(17(20)22-3)16-11(8-14(19)21-2)9-23-13-7-5-4-6-12(13)16/h4-7,11,15-16H,8-9H2,1-3H3. The van der Waals surface area contributed by atoms with Gasteiger partial charge in [-0.2, -0.15) is 0 Å². The van der Waals surface area contributed by atoms with E-state index in [1.807, 2.05) is 18.2 Å². The molecule has 2 rings (SSSR count). The summed E-state index contributed by atoms with van der Waals surface area (Å²) in [4.78, 5) is 36.0. The van der Waals surface area contributed by atoms with Crippen LogP contribution in [0.25, 0.3) is 0 Å². The fourth-order valence-corrected chi connectivity index (χ4v) is 3.07. The number of carbonyl (C=O) groups is 3. The Balaban J connectivity index is 2.47. The lowest BCUT2D eigenvalue weighted by Crippen LogP contribution is -2.39. The van der Waals surface area contributed by atoms with Crippen molar-refractivity contribution in [2.75, 3.05) is 20.8 Å². The van der Waals surface area contributed by atoms with Crippen molar-refractivity contribution in [3.63, 3.8) is 0 Å². The number of carbonyl (C=O) groups excluding carboxylic acids is 3. The lowest BCUT2D eigenvalue weighted by atomic mass is 9.72. The van der Waals surface area contributed by atoms with E-state index < -0.39 is 23.8 Å². The lowest BCUT2D eigenvalue weighted by molar-refractivity contribution is -0.152. The third kappa shape index (κ3) is 3.52. The Hall–Kier alpha value is -2.37. The summed E-state index contributed by atoms with van der Waals surface area (Å²) in [5.41, 5.74) is 0.734. The first-order chi connectivity index (χ1) is 11.0. The summed E-state index contributed by atoms with van der Waals surface area (Å²) in [5, 5.41) is 0. The number of ether oxygens (including phenoxy) is 3. The predicted octanol–water partition coefficient (Wildman–Crippen LogP) is 1.72. The summed E-state index contributed by atoms with van der Waals surface area (Å²) in [6.07, 6.45) is 0.0657. The number of hydrogen-bond donors (Lipinski definition) is 0. The van der Waals surface area contributed by atoms with Crippen LogP contribution in [0.5, 0.6) is 5.75 Å². The van der Waals surface area contributed by atoms with E-state index in [-0.39, 0.29) is 24.7 Å². The third-order valence-electron chi connectivity index (χ3n) is 4.15. The van der Waals surface area contributed by atoms with Crippen LogP contribution in [0.15, 0.2) is 24.3 Å². The topological polar surface area (TPSA) is 78.9 Å². The van der Waals surface area contributed by atoms with Gasteiger partial charge < -0.3 is 14.2 Å². The van der Waals surface area contributed by atoms with Gasteiger partial charge in [0.2, 0.25) is 0 Å². The number of ketones is 1. The van der Waals surface area contributed by atoms with Crippen LogP contribution in [0, 0.1) is 11.8 Å². The van der Waals surface area contributed by atoms with Crippen LogP contribution < -0.4 is 4.74 Å². The fraction of sp³-hybridized carbons (Fsp3) is 0.471. The molecule has 6 heteroatoms. The van der Waals surface area contributed by atoms with Gasteiger partial charge in [-0.25, -0.2) is 0 Å². The first-order valence-corrected chi connectivity index (χ1v) is 7.36. The largest absolute Gasteiger partial charge is 0.493 e. The summed E-state index contributed by atoms with van der Waals surface area (Å²) in [6.45, 7) is 1.59. The van der Waals surface area contributed by atoms with Crippen LogP contribution in [0.2, 0.25) is 0 Å². The molecule has 1 aromatic rings. The number of benzene rings is 1. The van der Waals surface area contributed by atoms with Crippen molar-refractivity contribution in [3.8, 4) is 5.75 Å². The number of Topliss-reactive ketones (excluding diaryl/α,β-unsaturated/α-hetero) is 1. The molecular weight excluding hydrogens is 300 g/mol. The van der Waals surface area contributed by atoms with Gasteiger partial charge in [-0.05, 0) is 18.6 Å². The molecule has 3 atom stereocenters. The molecule has 124 valence electrons. The van der Waals surface area contributed by atoms with Gasteiger partial charge in [0, 0.05) is 11.8 Å². The average Bonchev–Trinajstić information content (AvgIpc) is 2.55. The highest BCUT2D eigenvalue weighted by Crippen LogP contribution is 2.43. The van der Waals surface area contributed by atoms with Crippen LogP contribution in [0.4, 0.5) is 0 Å². The van der Waals surface area contributed by atoms with Crippen LogP contribution >= 0.6 is 0 Å². The van der Waals surface area contributed by atoms with Crippen molar-refractivity contribution in [1.82, 2.24) is 0 Å². The van der Waals surface area contributed by atoms with Crippen LogP contribution in [-0.4, -0.2) is 38.5 Å². The van der Waals surface area contributed by atoms with Crippen molar-refractivity contribution in [1.29, 1.82) is 0 Å². The molecule has 23 heavy (non-hydrogen) atoms. The van der Waals surface area contributed by atoms with Crippen molar-refractivity contribution in [2.45, 2.75) is 19.3 Å². The Kier molecular flexibility index (Phi) is 5.36. The molecule has 6 nitrogen and oxygen atoms in total. The number of hydrogen-bond acceptors (Lipinski definition) is 6. The van der Waals surface area contributed by atoms with Crippen molar-refractivity contribution < 1.29 is 28.6 Å². The molecule has 0 bridgehead atoms. The van der Waals surface area contributed by atoms with Crippen molar-refractivity contribution >= 4 is 17.7 Å². The van der Waals surface area contributed by atoms with Crippen LogP contribution in [0.1, 0.15) is 24.8 Å². The highest BCUT2D eigenvalue weighted by Gasteiger charge is 2.43. The second kappa shape index (κ2) is 7.26. The summed E-state index contributed by atoms with van der Waals surface area (Å²) < 4.78 is 15.2. The number of rotatable bonds is 5. The highest BCUT2D eigenvalue weighted by atomic mass is 16.5. The fourth-order valence-electron chi connectivity index (χ4n) is 3.07. The number of para-hydroxylation sites is 1. The summed E-state index contributed by atoms with van der Waals surface area (Å²) in [6, 6.07) is 7.22. The molecule has 0 aromatic heterocycles. The normalized spacial score (nSPS) is 20.7. The van der Waals surface area contributed by atoms with Crippen LogP contribution in [-0.2, 0) is 23.9 Å². The zero-order valence-electron chi connectivity index (χ0n) is 13.4. The molecule has 1 aliphatic heterocycles. The van der Waals surface area contributed by atoms with Gasteiger partial charge in [0.1, 0.15) is 17.5 Å². The van der Waals surface area contributed by atoms with E-state index >= 15 is 0 Å². The second-order valence-corrected chi connectivity index (χ2v) is 5.53. The Morgan fingerprint density at radius 1 is 1.22 bits per heavy atom. The van der Waals surface area contributed by atoms with Crippen LogP contribution in [0.3, 0.4) is 0 Å². The maximum atomic E-state index is 12.2. The molecule has 0 spiro atoms. The Morgan fingerprint density at radius 2 is 1.91 bits per heavy atom. The predicted molar refractivity (Wildman–Crippen MR) is 81.0 cm³/mol. The minimum atomic E-state index is -0.972. The SMILES string of the molecule is COC(=O)CC1COc2ccccc2C1C(C(C)=O)C(=O)OC. The maximum absolute atomic E-state index is 12.2. The Bertz CT molecular complexity index is 609. The molecule has 1 heterocycles. The van der Waals surface area contributed by atoms with Gasteiger partial charge in [0.15, 0.2) is 0 Å². The number of esters is 2. The molecule has 0 saturated carbocycles. The monoisotopic (exact) mass is 320 g/mol. The minimum Gasteiger partial charge on any atom is -0.493 e. The minimum absolute atomic E-state index is 0.0657. The third-order valence-corrected chi connectivity index (χ3v) is 4.15. The maximum Gasteiger partial charge on any atom is 0.316 e. The smallest absolute Gasteiger partial charge is 0.316 e.